The van der Waals surface area contributed by atoms with Crippen LogP contribution >= 0.6 is 11.3 Å². The van der Waals surface area contributed by atoms with Gasteiger partial charge >= 0.3 is 11.8 Å². The molecule has 11 heteroatoms. The lowest BCUT2D eigenvalue weighted by molar-refractivity contribution is -0.139. The van der Waals surface area contributed by atoms with Gasteiger partial charge in [-0.1, -0.05) is 12.5 Å². The predicted octanol–water partition coefficient (Wildman–Crippen LogP) is 0.246. The summed E-state index contributed by atoms with van der Waals surface area (Å²) < 4.78 is 32.9. The van der Waals surface area contributed by atoms with E-state index in [0.29, 0.717) is 43.5 Å². The fourth-order valence-corrected chi connectivity index (χ4v) is 6.61. The number of sulfonamides is 1. The normalized spacial score (nSPS) is 21.3. The molecule has 3 rings (SSSR count). The first-order valence-electron chi connectivity index (χ1n) is 10.4. The Morgan fingerprint density at radius 1 is 1.10 bits per heavy atom. The summed E-state index contributed by atoms with van der Waals surface area (Å²) in [5, 5.41) is 7.01. The van der Waals surface area contributed by atoms with Crippen molar-refractivity contribution in [3.63, 3.8) is 0 Å². The third-order valence-corrected chi connectivity index (χ3v) is 8.74. The first-order chi connectivity index (χ1) is 14.5. The molecule has 0 saturated carbocycles. The van der Waals surface area contributed by atoms with Gasteiger partial charge in [-0.3, -0.25) is 14.5 Å². The van der Waals surface area contributed by atoms with Crippen molar-refractivity contribution in [1.82, 2.24) is 19.8 Å². The predicted molar refractivity (Wildman–Crippen MR) is 114 cm³/mol. The van der Waals surface area contributed by atoms with E-state index in [4.69, 9.17) is 4.74 Å². The molecule has 9 nitrogen and oxygen atoms in total. The second-order valence-electron chi connectivity index (χ2n) is 7.45. The number of carbonyl (C=O) groups is 2. The van der Waals surface area contributed by atoms with Gasteiger partial charge in [0.25, 0.3) is 10.0 Å². The molecule has 0 spiro atoms. The van der Waals surface area contributed by atoms with Crippen LogP contribution in [0.25, 0.3) is 0 Å². The monoisotopic (exact) mass is 458 g/mol. The Kier molecular flexibility index (Phi) is 8.63. The average Bonchev–Trinajstić information content (AvgIpc) is 3.30. The molecule has 0 bridgehead atoms. The first kappa shape index (κ1) is 23.1. The highest BCUT2D eigenvalue weighted by atomic mass is 32.2. The van der Waals surface area contributed by atoms with Crippen molar-refractivity contribution < 1.29 is 22.7 Å². The summed E-state index contributed by atoms with van der Waals surface area (Å²) in [5.74, 6) is -1.34. The third kappa shape index (κ3) is 6.24. The Hall–Kier alpha value is -1.53. The minimum Gasteiger partial charge on any atom is -0.379 e. The summed E-state index contributed by atoms with van der Waals surface area (Å²) in [6, 6.07) is 3.18. The minimum atomic E-state index is -3.51. The van der Waals surface area contributed by atoms with E-state index in [-0.39, 0.29) is 12.6 Å². The van der Waals surface area contributed by atoms with Gasteiger partial charge < -0.3 is 15.4 Å². The van der Waals surface area contributed by atoms with Crippen molar-refractivity contribution in [3.8, 4) is 0 Å². The van der Waals surface area contributed by atoms with Crippen LogP contribution in [0.2, 0.25) is 0 Å². The highest BCUT2D eigenvalue weighted by Crippen LogP contribution is 2.28. The molecule has 0 aliphatic carbocycles. The van der Waals surface area contributed by atoms with E-state index in [2.05, 4.69) is 15.5 Å². The lowest BCUT2D eigenvalue weighted by atomic mass is 10.0. The Labute approximate surface area is 181 Å². The van der Waals surface area contributed by atoms with E-state index < -0.39 is 21.8 Å². The van der Waals surface area contributed by atoms with Crippen LogP contribution in [0.1, 0.15) is 25.7 Å². The number of hydrogen-bond acceptors (Lipinski definition) is 7. The van der Waals surface area contributed by atoms with Crippen LogP contribution in [-0.4, -0.2) is 88.0 Å². The number of rotatable bonds is 8. The molecule has 0 aromatic carbocycles. The minimum absolute atomic E-state index is 0.171. The largest absolute Gasteiger partial charge is 0.379 e. The Balaban J connectivity index is 1.41. The lowest BCUT2D eigenvalue weighted by Gasteiger charge is -2.34. The van der Waals surface area contributed by atoms with Crippen molar-refractivity contribution in [2.24, 2.45) is 0 Å². The molecular weight excluding hydrogens is 428 g/mol. The molecule has 30 heavy (non-hydrogen) atoms. The molecule has 2 aliphatic rings. The molecule has 1 aromatic rings. The zero-order valence-corrected chi connectivity index (χ0v) is 18.7. The molecule has 3 heterocycles. The second kappa shape index (κ2) is 11.2. The molecule has 0 radical (unpaired) electrons. The molecule has 2 fully saturated rings. The van der Waals surface area contributed by atoms with Crippen molar-refractivity contribution in [3.05, 3.63) is 17.5 Å². The van der Waals surface area contributed by atoms with E-state index in [9.17, 15) is 18.0 Å². The van der Waals surface area contributed by atoms with Crippen LogP contribution < -0.4 is 10.6 Å². The topological polar surface area (TPSA) is 108 Å². The number of thiophene rings is 1. The van der Waals surface area contributed by atoms with Crippen LogP contribution in [0.5, 0.6) is 0 Å². The van der Waals surface area contributed by atoms with E-state index in [1.165, 1.54) is 11.3 Å². The number of nitrogens with zero attached hydrogens (tertiary/aromatic N) is 2. The summed E-state index contributed by atoms with van der Waals surface area (Å²) in [4.78, 5) is 26.2. The highest BCUT2D eigenvalue weighted by molar-refractivity contribution is 7.91. The van der Waals surface area contributed by atoms with E-state index in [0.717, 1.165) is 32.4 Å². The molecule has 168 valence electrons. The fraction of sp³-hybridized carbons (Fsp3) is 0.684. The van der Waals surface area contributed by atoms with Gasteiger partial charge in [-0.25, -0.2) is 8.42 Å². The van der Waals surface area contributed by atoms with E-state index in [1.807, 2.05) is 0 Å². The maximum absolute atomic E-state index is 12.9. The van der Waals surface area contributed by atoms with Gasteiger partial charge in [-0.05, 0) is 30.7 Å². The van der Waals surface area contributed by atoms with Crippen molar-refractivity contribution >= 4 is 33.2 Å². The zero-order chi connectivity index (χ0) is 21.4. The van der Waals surface area contributed by atoms with Gasteiger partial charge in [-0.15, -0.1) is 11.3 Å². The summed E-state index contributed by atoms with van der Waals surface area (Å²) in [7, 11) is -3.51. The molecular formula is C19H30N4O5S2. The molecule has 1 unspecified atom stereocenters. The van der Waals surface area contributed by atoms with Crippen molar-refractivity contribution in [2.75, 3.05) is 52.5 Å². The maximum Gasteiger partial charge on any atom is 0.309 e. The van der Waals surface area contributed by atoms with Gasteiger partial charge in [0, 0.05) is 45.3 Å². The molecule has 1 aromatic heterocycles. The zero-order valence-electron chi connectivity index (χ0n) is 17.0. The van der Waals surface area contributed by atoms with Crippen LogP contribution in [-0.2, 0) is 24.3 Å². The van der Waals surface area contributed by atoms with Crippen LogP contribution in [0.3, 0.4) is 0 Å². The standard InChI is InChI=1S/C19H30N4O5S2/c24-18(19(25)21-8-10-22-11-13-28-14-12-22)20-7-6-16-4-1-2-9-23(16)30(26,27)17-5-3-15-29-17/h3,5,15-16H,1-2,4,6-14H2,(H,20,24)(H,21,25). The summed E-state index contributed by atoms with van der Waals surface area (Å²) >= 11 is 1.21. The lowest BCUT2D eigenvalue weighted by Crippen LogP contribution is -2.47. The van der Waals surface area contributed by atoms with E-state index >= 15 is 0 Å². The smallest absolute Gasteiger partial charge is 0.309 e. The number of piperidine rings is 1. The second-order valence-corrected chi connectivity index (χ2v) is 10.5. The summed E-state index contributed by atoms with van der Waals surface area (Å²) in [6.45, 7) is 4.87. The van der Waals surface area contributed by atoms with Gasteiger partial charge in [-0.2, -0.15) is 4.31 Å². The molecule has 2 amide bonds. The number of amides is 2. The highest BCUT2D eigenvalue weighted by Gasteiger charge is 2.33. The first-order valence-corrected chi connectivity index (χ1v) is 12.7. The van der Waals surface area contributed by atoms with Crippen LogP contribution in [0, 0.1) is 0 Å². The average molecular weight is 459 g/mol. The SMILES string of the molecule is O=C(NCCC1CCCCN1S(=O)(=O)c1cccs1)C(=O)NCCN1CCOCC1. The molecule has 2 saturated heterocycles. The quantitative estimate of drug-likeness (QED) is 0.541. The van der Waals surface area contributed by atoms with Gasteiger partial charge in [0.1, 0.15) is 4.21 Å². The summed E-state index contributed by atoms with van der Waals surface area (Å²) in [6.07, 6.45) is 3.03. The number of morpholine rings is 1. The Bertz CT molecular complexity index is 794. The number of nitrogens with one attached hydrogen (secondary N) is 2. The Morgan fingerprint density at radius 2 is 1.83 bits per heavy atom. The molecule has 2 N–H and O–H groups in total. The maximum atomic E-state index is 12.9. The number of ether oxygens (including phenoxy) is 1. The molecule has 2 aliphatic heterocycles. The summed E-state index contributed by atoms with van der Waals surface area (Å²) in [5.41, 5.74) is 0. The Morgan fingerprint density at radius 3 is 2.53 bits per heavy atom. The van der Waals surface area contributed by atoms with Gasteiger partial charge in [0.15, 0.2) is 0 Å². The van der Waals surface area contributed by atoms with Crippen molar-refractivity contribution in [1.29, 1.82) is 0 Å². The number of hydrogen-bond donors (Lipinski definition) is 2. The fourth-order valence-electron chi connectivity index (χ4n) is 3.77. The number of carbonyl (C=O) groups excluding carboxylic acids is 2. The van der Waals surface area contributed by atoms with Crippen LogP contribution in [0.15, 0.2) is 21.7 Å². The third-order valence-electron chi connectivity index (χ3n) is 5.42. The van der Waals surface area contributed by atoms with Crippen LogP contribution in [0.4, 0.5) is 0 Å². The van der Waals surface area contributed by atoms with E-state index in [1.54, 1.807) is 21.8 Å². The van der Waals surface area contributed by atoms with Crippen molar-refractivity contribution in [2.45, 2.75) is 35.9 Å². The van der Waals surface area contributed by atoms with Gasteiger partial charge in [0.2, 0.25) is 0 Å². The molecule has 1 atom stereocenters. The van der Waals surface area contributed by atoms with Gasteiger partial charge in [0.05, 0.1) is 13.2 Å².